The van der Waals surface area contributed by atoms with Gasteiger partial charge in [0, 0.05) is 86.8 Å². The lowest BCUT2D eigenvalue weighted by atomic mass is 9.82. The Hall–Kier alpha value is -5.43. The minimum Gasteiger partial charge on any atom is -0.475 e. The Kier molecular flexibility index (Phi) is 17.5. The first-order valence-corrected chi connectivity index (χ1v) is 20.8. The average molecular weight is 894 g/mol. The van der Waals surface area contributed by atoms with Gasteiger partial charge in [-0.05, 0) is 47.4 Å². The first kappa shape index (κ1) is 49.2. The second-order valence-corrected chi connectivity index (χ2v) is 16.9. The zero-order chi connectivity index (χ0) is 45.8. The van der Waals surface area contributed by atoms with E-state index in [1.165, 1.54) is 23.9 Å². The van der Waals surface area contributed by atoms with Crippen molar-refractivity contribution in [3.8, 4) is 11.1 Å². The number of rotatable bonds is 17. The van der Waals surface area contributed by atoms with Crippen LogP contribution in [0, 0.1) is 28.9 Å². The number of nitrogens with one attached hydrogen (secondary N) is 3. The molecule has 3 atom stereocenters. The van der Waals surface area contributed by atoms with Crippen molar-refractivity contribution in [2.75, 3.05) is 44.2 Å². The fourth-order valence-corrected chi connectivity index (χ4v) is 7.81. The third kappa shape index (κ3) is 14.3. The number of hydrogen-bond acceptors (Lipinski definition) is 8. The molecule has 1 aromatic heterocycles. The van der Waals surface area contributed by atoms with Gasteiger partial charge in [0.2, 0.25) is 17.7 Å². The van der Waals surface area contributed by atoms with E-state index < -0.39 is 70.7 Å². The molecule has 2 heterocycles. The van der Waals surface area contributed by atoms with Crippen molar-refractivity contribution < 1.29 is 60.2 Å². The van der Waals surface area contributed by atoms with Gasteiger partial charge < -0.3 is 30.5 Å². The minimum absolute atomic E-state index is 0.0191. The van der Waals surface area contributed by atoms with Gasteiger partial charge in [-0.25, -0.2) is 18.0 Å². The molecule has 62 heavy (non-hydrogen) atoms. The van der Waals surface area contributed by atoms with E-state index in [4.69, 9.17) is 9.90 Å². The number of hydrogen-bond donors (Lipinski definition) is 4. The van der Waals surface area contributed by atoms with Crippen LogP contribution < -0.4 is 16.0 Å². The Bertz CT molecular complexity index is 2090. The summed E-state index contributed by atoms with van der Waals surface area (Å²) in [6, 6.07) is 14.2. The number of aromatic nitrogens is 1. The van der Waals surface area contributed by atoms with Gasteiger partial charge in [0.15, 0.2) is 11.6 Å². The van der Waals surface area contributed by atoms with E-state index in [9.17, 15) is 41.5 Å². The molecule has 1 unspecified atom stereocenters. The standard InChI is InChI=1S/C41H48F3N5O5S.C2HF3O2/c1-41(2,3)40(34-17-27(30-18-29(42)9-10-32(30)43)23-48(34)22-26-7-5-4-6-8-26)49(24-28-20-45-21-33(28)44)39(54)25-55-16-13-37(52)46-14-15-47-38(53)19-31-35(50)11-12-36(31)51;3-2(4,5)1(6)7/h4-12,17-18,23,28,31,33,40,45H,13-16,19-22,24-25H2,1-3H3,(H,46,52)(H,47,53);(H,6,7)/t28-,33-,40?;/m0./s1. The lowest BCUT2D eigenvalue weighted by molar-refractivity contribution is -0.192. The van der Waals surface area contributed by atoms with E-state index in [0.29, 0.717) is 30.1 Å². The first-order chi connectivity index (χ1) is 29.1. The van der Waals surface area contributed by atoms with Crippen LogP contribution in [-0.2, 0) is 35.3 Å². The van der Waals surface area contributed by atoms with E-state index in [2.05, 4.69) is 16.0 Å². The molecule has 1 saturated heterocycles. The number of alkyl halides is 4. The molecule has 12 nitrogen and oxygen atoms in total. The van der Waals surface area contributed by atoms with Gasteiger partial charge >= 0.3 is 12.1 Å². The van der Waals surface area contributed by atoms with Crippen molar-refractivity contribution in [2.45, 2.75) is 58.5 Å². The molecule has 19 heteroatoms. The van der Waals surface area contributed by atoms with Crippen molar-refractivity contribution >= 4 is 47.0 Å². The summed E-state index contributed by atoms with van der Waals surface area (Å²) in [6.45, 7) is 7.34. The highest BCUT2D eigenvalue weighted by atomic mass is 32.2. The van der Waals surface area contributed by atoms with Gasteiger partial charge in [-0.2, -0.15) is 24.9 Å². The van der Waals surface area contributed by atoms with Crippen LogP contribution in [0.4, 0.5) is 26.3 Å². The van der Waals surface area contributed by atoms with Crippen LogP contribution in [0.25, 0.3) is 11.1 Å². The van der Waals surface area contributed by atoms with Gasteiger partial charge in [-0.15, -0.1) is 0 Å². The molecule has 0 saturated carbocycles. The summed E-state index contributed by atoms with van der Waals surface area (Å²) >= 11 is 1.28. The molecule has 0 radical (unpaired) electrons. The van der Waals surface area contributed by atoms with Crippen LogP contribution in [0.5, 0.6) is 0 Å². The molecular weight excluding hydrogens is 845 g/mol. The summed E-state index contributed by atoms with van der Waals surface area (Å²) in [7, 11) is 0. The van der Waals surface area contributed by atoms with E-state index in [1.807, 2.05) is 55.7 Å². The Labute approximate surface area is 358 Å². The van der Waals surface area contributed by atoms with Crippen LogP contribution >= 0.6 is 11.8 Å². The maximum absolute atomic E-state index is 15.2. The summed E-state index contributed by atoms with van der Waals surface area (Å²) in [6.07, 6.45) is -2.28. The van der Waals surface area contributed by atoms with Gasteiger partial charge in [-0.1, -0.05) is 51.1 Å². The Balaban J connectivity index is 0.00000111. The number of allylic oxidation sites excluding steroid dienone is 2. The highest BCUT2D eigenvalue weighted by Gasteiger charge is 2.41. The largest absolute Gasteiger partial charge is 0.490 e. The van der Waals surface area contributed by atoms with Gasteiger partial charge in [0.05, 0.1) is 17.7 Å². The smallest absolute Gasteiger partial charge is 0.475 e. The predicted molar refractivity (Wildman–Crippen MR) is 219 cm³/mol. The van der Waals surface area contributed by atoms with Crippen LogP contribution in [-0.4, -0.2) is 106 Å². The van der Waals surface area contributed by atoms with E-state index in [1.54, 1.807) is 17.2 Å². The molecule has 4 N–H and O–H groups in total. The van der Waals surface area contributed by atoms with E-state index >= 15 is 8.78 Å². The van der Waals surface area contributed by atoms with E-state index in [0.717, 1.165) is 23.8 Å². The van der Waals surface area contributed by atoms with Crippen LogP contribution in [0.3, 0.4) is 0 Å². The summed E-state index contributed by atoms with van der Waals surface area (Å²) in [5, 5.41) is 15.5. The molecule has 3 amide bonds. The minimum atomic E-state index is -5.08. The third-order valence-corrected chi connectivity index (χ3v) is 10.9. The fraction of sp³-hybridized carbons (Fsp3) is 0.442. The molecular formula is C43H49F6N5O7S. The number of aliphatic carboxylic acids is 1. The highest BCUT2D eigenvalue weighted by Crippen LogP contribution is 2.42. The Morgan fingerprint density at radius 1 is 0.935 bits per heavy atom. The zero-order valence-corrected chi connectivity index (χ0v) is 35.1. The number of carboxylic acid groups (broad SMARTS) is 1. The molecule has 1 aliphatic carbocycles. The molecule has 3 aromatic rings. The quantitative estimate of drug-likeness (QED) is 0.0761. The maximum atomic E-state index is 15.2. The van der Waals surface area contributed by atoms with Crippen molar-refractivity contribution in [2.24, 2.45) is 17.3 Å². The first-order valence-electron chi connectivity index (χ1n) is 19.7. The molecule has 2 aliphatic rings. The number of ketones is 2. The molecule has 2 aromatic carbocycles. The lowest BCUT2D eigenvalue weighted by Crippen LogP contribution is -2.46. The summed E-state index contributed by atoms with van der Waals surface area (Å²) in [4.78, 5) is 73.0. The zero-order valence-electron chi connectivity index (χ0n) is 34.3. The monoisotopic (exact) mass is 893 g/mol. The number of thioether (sulfide) groups is 1. The molecule has 0 bridgehead atoms. The number of carbonyl (C=O) groups is 6. The SMILES string of the molecule is CC(C)(C)C(c1cc(-c2cc(F)ccc2F)cn1Cc1ccccc1)N(C[C@@H]1CNC[C@@H]1F)C(=O)CSCCC(=O)NCCNC(=O)CC1C(=O)C=CC1=O.O=C(O)C(F)(F)F. The molecule has 336 valence electrons. The summed E-state index contributed by atoms with van der Waals surface area (Å²) in [5.41, 5.74) is 1.61. The van der Waals surface area contributed by atoms with E-state index in [-0.39, 0.29) is 62.2 Å². The molecule has 5 rings (SSSR count). The second kappa shape index (κ2) is 22.1. The van der Waals surface area contributed by atoms with Crippen LogP contribution in [0.2, 0.25) is 0 Å². The van der Waals surface area contributed by atoms with Crippen molar-refractivity contribution in [3.05, 3.63) is 95.8 Å². The van der Waals surface area contributed by atoms with Crippen LogP contribution in [0.1, 0.15) is 50.9 Å². The number of halogens is 6. The fourth-order valence-electron chi connectivity index (χ4n) is 6.99. The predicted octanol–water partition coefficient (Wildman–Crippen LogP) is 5.66. The molecule has 1 aliphatic heterocycles. The molecule has 0 spiro atoms. The van der Waals surface area contributed by atoms with Gasteiger partial charge in [0.1, 0.15) is 17.8 Å². The normalized spacial score (nSPS) is 17.0. The van der Waals surface area contributed by atoms with Gasteiger partial charge in [0.25, 0.3) is 0 Å². The second-order valence-electron chi connectivity index (χ2n) is 15.8. The van der Waals surface area contributed by atoms with Gasteiger partial charge in [-0.3, -0.25) is 24.0 Å². The highest BCUT2D eigenvalue weighted by molar-refractivity contribution is 7.99. The average Bonchev–Trinajstić information content (AvgIpc) is 3.89. The maximum Gasteiger partial charge on any atom is 0.490 e. The molecule has 1 fully saturated rings. The number of benzene rings is 2. The van der Waals surface area contributed by atoms with Crippen molar-refractivity contribution in [1.82, 2.24) is 25.4 Å². The number of carbonyl (C=O) groups excluding carboxylic acids is 5. The summed E-state index contributed by atoms with van der Waals surface area (Å²) in [5.74, 6) is -6.81. The van der Waals surface area contributed by atoms with Crippen molar-refractivity contribution in [3.63, 3.8) is 0 Å². The number of amides is 3. The number of nitrogens with zero attached hydrogens (tertiary/aromatic N) is 2. The lowest BCUT2D eigenvalue weighted by Gasteiger charge is -2.42. The Morgan fingerprint density at radius 3 is 2.15 bits per heavy atom. The third-order valence-electron chi connectivity index (χ3n) is 9.99. The Morgan fingerprint density at radius 2 is 1.56 bits per heavy atom. The topological polar surface area (TPSA) is 167 Å². The summed E-state index contributed by atoms with van der Waals surface area (Å²) < 4.78 is 78.4. The van der Waals surface area contributed by atoms with Crippen molar-refractivity contribution in [1.29, 1.82) is 0 Å². The number of carboxylic acids is 1. The van der Waals surface area contributed by atoms with Crippen LogP contribution in [0.15, 0.2) is 72.9 Å².